The van der Waals surface area contributed by atoms with Gasteiger partial charge in [-0.15, -0.1) is 0 Å². The molecule has 2 aromatic carbocycles. The number of phenolic OH excluding ortho intramolecular Hbond substituents is 1. The maximum atomic E-state index is 12.4. The monoisotopic (exact) mass is 269 g/mol. The molecule has 0 aliphatic rings. The lowest BCUT2D eigenvalue weighted by Gasteiger charge is -2.25. The smallest absolute Gasteiger partial charge is 0.254 e. The summed E-state index contributed by atoms with van der Waals surface area (Å²) in [7, 11) is 1.79. The summed E-state index contributed by atoms with van der Waals surface area (Å²) in [6.07, 6.45) is 0. The van der Waals surface area contributed by atoms with Crippen LogP contribution in [-0.2, 0) is 0 Å². The van der Waals surface area contributed by atoms with E-state index in [1.54, 1.807) is 24.1 Å². The molecule has 0 bridgehead atoms. The molecule has 0 fully saturated rings. The molecule has 0 saturated heterocycles. The van der Waals surface area contributed by atoms with Crippen molar-refractivity contribution >= 4 is 5.91 Å². The van der Waals surface area contributed by atoms with Gasteiger partial charge in [0.25, 0.3) is 5.91 Å². The Balaban J connectivity index is 2.17. The van der Waals surface area contributed by atoms with E-state index in [1.807, 2.05) is 50.2 Å². The molecule has 1 amide bonds. The summed E-state index contributed by atoms with van der Waals surface area (Å²) in [4.78, 5) is 14.1. The molecule has 1 atom stereocenters. The van der Waals surface area contributed by atoms with Crippen LogP contribution in [0.1, 0.15) is 34.5 Å². The molecule has 20 heavy (non-hydrogen) atoms. The molecule has 0 heterocycles. The van der Waals surface area contributed by atoms with Crippen LogP contribution in [0.4, 0.5) is 0 Å². The Morgan fingerprint density at radius 3 is 2.15 bits per heavy atom. The second-order valence-electron chi connectivity index (χ2n) is 5.05. The van der Waals surface area contributed by atoms with E-state index < -0.39 is 0 Å². The van der Waals surface area contributed by atoms with Crippen LogP contribution < -0.4 is 0 Å². The van der Waals surface area contributed by atoms with Crippen LogP contribution in [0, 0.1) is 6.92 Å². The van der Waals surface area contributed by atoms with Gasteiger partial charge < -0.3 is 10.0 Å². The van der Waals surface area contributed by atoms with Crippen LogP contribution in [-0.4, -0.2) is 23.0 Å². The van der Waals surface area contributed by atoms with Gasteiger partial charge in [0.1, 0.15) is 5.75 Å². The van der Waals surface area contributed by atoms with E-state index in [-0.39, 0.29) is 17.7 Å². The van der Waals surface area contributed by atoms with E-state index in [4.69, 9.17) is 0 Å². The predicted octanol–water partition coefficient (Wildman–Crippen LogP) is 3.53. The minimum Gasteiger partial charge on any atom is -0.508 e. The Bertz CT molecular complexity index is 587. The van der Waals surface area contributed by atoms with Crippen molar-refractivity contribution in [1.82, 2.24) is 4.90 Å². The van der Waals surface area contributed by atoms with Gasteiger partial charge in [0.15, 0.2) is 0 Å². The fourth-order valence-electron chi connectivity index (χ4n) is 2.05. The highest BCUT2D eigenvalue weighted by molar-refractivity contribution is 5.94. The zero-order valence-electron chi connectivity index (χ0n) is 12.0. The lowest BCUT2D eigenvalue weighted by atomic mass is 10.1. The molecule has 104 valence electrons. The van der Waals surface area contributed by atoms with E-state index >= 15 is 0 Å². The molecule has 0 saturated carbocycles. The van der Waals surface area contributed by atoms with Gasteiger partial charge in [0, 0.05) is 12.6 Å². The van der Waals surface area contributed by atoms with Crippen LogP contribution in [0.3, 0.4) is 0 Å². The first-order chi connectivity index (χ1) is 9.49. The second-order valence-corrected chi connectivity index (χ2v) is 5.05. The Morgan fingerprint density at radius 1 is 1.05 bits per heavy atom. The number of carbonyl (C=O) groups is 1. The highest BCUT2D eigenvalue weighted by Gasteiger charge is 2.18. The molecule has 0 spiro atoms. The van der Waals surface area contributed by atoms with Crippen LogP contribution in [0.25, 0.3) is 0 Å². The minimum absolute atomic E-state index is 0.00873. The van der Waals surface area contributed by atoms with Gasteiger partial charge in [-0.3, -0.25) is 4.79 Å². The van der Waals surface area contributed by atoms with Crippen molar-refractivity contribution < 1.29 is 9.90 Å². The standard InChI is InChI=1S/C17H19NO2/c1-12-4-6-15(7-5-12)17(20)18(3)13(2)14-8-10-16(19)11-9-14/h4-11,13,19H,1-3H3. The summed E-state index contributed by atoms with van der Waals surface area (Å²) in [6, 6.07) is 14.4. The largest absolute Gasteiger partial charge is 0.508 e. The molecular formula is C17H19NO2. The first-order valence-electron chi connectivity index (χ1n) is 6.62. The molecule has 0 aromatic heterocycles. The maximum Gasteiger partial charge on any atom is 0.254 e. The van der Waals surface area contributed by atoms with E-state index in [9.17, 15) is 9.90 Å². The number of hydrogen-bond acceptors (Lipinski definition) is 2. The molecular weight excluding hydrogens is 250 g/mol. The molecule has 0 radical (unpaired) electrons. The van der Waals surface area contributed by atoms with Crippen LogP contribution in [0.5, 0.6) is 5.75 Å². The molecule has 2 aromatic rings. The van der Waals surface area contributed by atoms with Gasteiger partial charge in [-0.1, -0.05) is 29.8 Å². The number of amides is 1. The van der Waals surface area contributed by atoms with Gasteiger partial charge in [-0.2, -0.15) is 0 Å². The SMILES string of the molecule is Cc1ccc(C(=O)N(C)C(C)c2ccc(O)cc2)cc1. The Labute approximate surface area is 119 Å². The summed E-state index contributed by atoms with van der Waals surface area (Å²) in [5.74, 6) is 0.221. The van der Waals surface area contributed by atoms with Crippen molar-refractivity contribution in [1.29, 1.82) is 0 Å². The van der Waals surface area contributed by atoms with Gasteiger partial charge in [-0.25, -0.2) is 0 Å². The average molecular weight is 269 g/mol. The lowest BCUT2D eigenvalue weighted by Crippen LogP contribution is -2.29. The van der Waals surface area contributed by atoms with E-state index in [1.165, 1.54) is 0 Å². The highest BCUT2D eigenvalue weighted by atomic mass is 16.3. The van der Waals surface area contributed by atoms with Gasteiger partial charge in [0.2, 0.25) is 0 Å². The summed E-state index contributed by atoms with van der Waals surface area (Å²) < 4.78 is 0. The summed E-state index contributed by atoms with van der Waals surface area (Å²) in [5.41, 5.74) is 2.81. The van der Waals surface area contributed by atoms with Crippen LogP contribution >= 0.6 is 0 Å². The fraction of sp³-hybridized carbons (Fsp3) is 0.235. The number of carbonyl (C=O) groups excluding carboxylic acids is 1. The number of phenols is 1. The van der Waals surface area contributed by atoms with Crippen molar-refractivity contribution in [2.24, 2.45) is 0 Å². The third-order valence-corrected chi connectivity index (χ3v) is 3.58. The number of hydrogen-bond donors (Lipinski definition) is 1. The first kappa shape index (κ1) is 14.1. The molecule has 0 aliphatic carbocycles. The van der Waals surface area contributed by atoms with E-state index in [2.05, 4.69) is 0 Å². The number of benzene rings is 2. The topological polar surface area (TPSA) is 40.5 Å². The lowest BCUT2D eigenvalue weighted by molar-refractivity contribution is 0.0742. The molecule has 1 N–H and O–H groups in total. The third-order valence-electron chi connectivity index (χ3n) is 3.58. The van der Waals surface area contributed by atoms with Gasteiger partial charge in [0.05, 0.1) is 6.04 Å². The summed E-state index contributed by atoms with van der Waals surface area (Å²) in [6.45, 7) is 3.97. The van der Waals surface area contributed by atoms with Crippen molar-refractivity contribution in [3.63, 3.8) is 0 Å². The van der Waals surface area contributed by atoms with E-state index in [0.29, 0.717) is 5.56 Å². The maximum absolute atomic E-state index is 12.4. The number of aryl methyl sites for hydroxylation is 1. The number of nitrogens with zero attached hydrogens (tertiary/aromatic N) is 1. The molecule has 3 heteroatoms. The third kappa shape index (κ3) is 2.99. The normalized spacial score (nSPS) is 11.9. The van der Waals surface area contributed by atoms with E-state index in [0.717, 1.165) is 11.1 Å². The Kier molecular flexibility index (Phi) is 4.08. The zero-order chi connectivity index (χ0) is 14.7. The van der Waals surface area contributed by atoms with Crippen molar-refractivity contribution in [2.45, 2.75) is 19.9 Å². The van der Waals surface area contributed by atoms with Crippen LogP contribution in [0.2, 0.25) is 0 Å². The van der Waals surface area contributed by atoms with Gasteiger partial charge in [-0.05, 0) is 43.7 Å². The quantitative estimate of drug-likeness (QED) is 0.926. The number of aromatic hydroxyl groups is 1. The number of rotatable bonds is 3. The fourth-order valence-corrected chi connectivity index (χ4v) is 2.05. The van der Waals surface area contributed by atoms with Crippen molar-refractivity contribution in [3.8, 4) is 5.75 Å². The Morgan fingerprint density at radius 2 is 1.60 bits per heavy atom. The van der Waals surface area contributed by atoms with Crippen molar-refractivity contribution in [3.05, 3.63) is 65.2 Å². The zero-order valence-corrected chi connectivity index (χ0v) is 12.0. The molecule has 1 unspecified atom stereocenters. The Hall–Kier alpha value is -2.29. The summed E-state index contributed by atoms with van der Waals surface area (Å²) >= 11 is 0. The first-order valence-corrected chi connectivity index (χ1v) is 6.62. The van der Waals surface area contributed by atoms with Crippen LogP contribution in [0.15, 0.2) is 48.5 Å². The summed E-state index contributed by atoms with van der Waals surface area (Å²) in [5, 5.41) is 9.31. The minimum atomic E-state index is -0.0515. The molecule has 2 rings (SSSR count). The van der Waals surface area contributed by atoms with Gasteiger partial charge >= 0.3 is 0 Å². The molecule has 3 nitrogen and oxygen atoms in total. The molecule has 0 aliphatic heterocycles. The highest BCUT2D eigenvalue weighted by Crippen LogP contribution is 2.22. The second kappa shape index (κ2) is 5.78. The predicted molar refractivity (Wildman–Crippen MR) is 79.8 cm³/mol. The average Bonchev–Trinajstić information content (AvgIpc) is 2.46. The van der Waals surface area contributed by atoms with Crippen molar-refractivity contribution in [2.75, 3.05) is 7.05 Å².